The third-order valence-corrected chi connectivity index (χ3v) is 3.28. The third kappa shape index (κ3) is 5.82. The minimum absolute atomic E-state index is 0.00909. The van der Waals surface area contributed by atoms with Gasteiger partial charge in [0.25, 0.3) is 0 Å². The molecule has 0 radical (unpaired) electrons. The Balaban J connectivity index is 1.79. The highest BCUT2D eigenvalue weighted by molar-refractivity contribution is 6.32. The SMILES string of the molecule is O=C(NCCOc1ccc(F)cc1Cl)Nc1cccc(C(F)(F)F)c1. The number of hydrogen-bond acceptors (Lipinski definition) is 2. The summed E-state index contributed by atoms with van der Waals surface area (Å²) in [5.41, 5.74) is -0.852. The largest absolute Gasteiger partial charge is 0.490 e. The normalized spacial score (nSPS) is 11.1. The topological polar surface area (TPSA) is 50.4 Å². The lowest BCUT2D eigenvalue weighted by atomic mass is 10.2. The second-order valence-corrected chi connectivity index (χ2v) is 5.29. The quantitative estimate of drug-likeness (QED) is 0.587. The zero-order valence-electron chi connectivity index (χ0n) is 12.7. The number of ether oxygens (including phenoxy) is 1. The molecule has 4 nitrogen and oxygen atoms in total. The summed E-state index contributed by atoms with van der Waals surface area (Å²) in [5.74, 6) is -0.251. The number of carbonyl (C=O) groups excluding carboxylic acids is 1. The lowest BCUT2D eigenvalue weighted by Gasteiger charge is -2.11. The molecule has 2 aromatic rings. The Morgan fingerprint density at radius 1 is 1.16 bits per heavy atom. The van der Waals surface area contributed by atoms with Gasteiger partial charge in [0.05, 0.1) is 17.1 Å². The molecule has 0 heterocycles. The van der Waals surface area contributed by atoms with E-state index in [9.17, 15) is 22.4 Å². The fraction of sp³-hybridized carbons (Fsp3) is 0.188. The maximum Gasteiger partial charge on any atom is 0.416 e. The first-order chi connectivity index (χ1) is 11.8. The van der Waals surface area contributed by atoms with Crippen molar-refractivity contribution >= 4 is 23.3 Å². The third-order valence-electron chi connectivity index (χ3n) is 2.99. The highest BCUT2D eigenvalue weighted by atomic mass is 35.5. The molecule has 9 heteroatoms. The second kappa shape index (κ2) is 8.06. The van der Waals surface area contributed by atoms with E-state index < -0.39 is 23.6 Å². The number of carbonyl (C=O) groups is 1. The number of benzene rings is 2. The summed E-state index contributed by atoms with van der Waals surface area (Å²) >= 11 is 5.77. The molecule has 2 amide bonds. The number of anilines is 1. The van der Waals surface area contributed by atoms with Crippen LogP contribution in [0.1, 0.15) is 5.56 Å². The maximum absolute atomic E-state index is 12.9. The standard InChI is InChI=1S/C16H13ClF4N2O2/c17-13-9-11(18)4-5-14(13)25-7-6-22-15(24)23-12-3-1-2-10(8-12)16(19,20)21/h1-5,8-9H,6-7H2,(H2,22,23,24). The zero-order chi connectivity index (χ0) is 18.4. The fourth-order valence-corrected chi connectivity index (χ4v) is 2.09. The van der Waals surface area contributed by atoms with Gasteiger partial charge in [-0.3, -0.25) is 0 Å². The molecule has 0 bridgehead atoms. The van der Waals surface area contributed by atoms with Crippen LogP contribution >= 0.6 is 11.6 Å². The van der Waals surface area contributed by atoms with Gasteiger partial charge in [-0.25, -0.2) is 9.18 Å². The number of halogens is 5. The summed E-state index contributed by atoms with van der Waals surface area (Å²) in [6.45, 7) is 0.111. The molecular formula is C16H13ClF4N2O2. The summed E-state index contributed by atoms with van der Waals surface area (Å²) in [7, 11) is 0. The van der Waals surface area contributed by atoms with Crippen LogP contribution in [-0.2, 0) is 6.18 Å². The van der Waals surface area contributed by atoms with E-state index in [1.165, 1.54) is 24.3 Å². The average Bonchev–Trinajstić information content (AvgIpc) is 2.52. The molecule has 0 aliphatic carbocycles. The van der Waals surface area contributed by atoms with E-state index in [1.807, 2.05) is 0 Å². The first-order valence-corrected chi connectivity index (χ1v) is 7.43. The van der Waals surface area contributed by atoms with Gasteiger partial charge in [-0.15, -0.1) is 0 Å². The Morgan fingerprint density at radius 2 is 1.92 bits per heavy atom. The van der Waals surface area contributed by atoms with E-state index in [-0.39, 0.29) is 29.6 Å². The first kappa shape index (κ1) is 18.9. The predicted molar refractivity (Wildman–Crippen MR) is 85.4 cm³/mol. The Kier molecular flexibility index (Phi) is 6.08. The van der Waals surface area contributed by atoms with E-state index in [1.54, 1.807) is 0 Å². The zero-order valence-corrected chi connectivity index (χ0v) is 13.4. The molecule has 2 aromatic carbocycles. The number of nitrogens with one attached hydrogen (secondary N) is 2. The van der Waals surface area contributed by atoms with Gasteiger partial charge in [0, 0.05) is 5.69 Å². The van der Waals surface area contributed by atoms with Crippen molar-refractivity contribution in [1.29, 1.82) is 0 Å². The van der Waals surface area contributed by atoms with E-state index in [0.717, 1.165) is 18.2 Å². The summed E-state index contributed by atoms with van der Waals surface area (Å²) in [6.07, 6.45) is -4.49. The van der Waals surface area contributed by atoms with Crippen LogP contribution in [0.4, 0.5) is 28.0 Å². The minimum atomic E-state index is -4.49. The summed E-state index contributed by atoms with van der Waals surface area (Å²) in [4.78, 5) is 11.7. The van der Waals surface area contributed by atoms with Gasteiger partial charge >= 0.3 is 12.2 Å². The number of rotatable bonds is 5. The highest BCUT2D eigenvalue weighted by Gasteiger charge is 2.30. The van der Waals surface area contributed by atoms with Crippen molar-refractivity contribution < 1.29 is 27.1 Å². The fourth-order valence-electron chi connectivity index (χ4n) is 1.87. The summed E-state index contributed by atoms with van der Waals surface area (Å²) < 4.78 is 55.9. The molecule has 0 saturated heterocycles. The monoisotopic (exact) mass is 376 g/mol. The Bertz CT molecular complexity index is 753. The van der Waals surface area contributed by atoms with Crippen LogP contribution in [0.25, 0.3) is 0 Å². The number of amides is 2. The van der Waals surface area contributed by atoms with Gasteiger partial charge in [0.1, 0.15) is 18.2 Å². The lowest BCUT2D eigenvalue weighted by Crippen LogP contribution is -2.32. The molecule has 0 aliphatic heterocycles. The van der Waals surface area contributed by atoms with Crippen molar-refractivity contribution in [3.63, 3.8) is 0 Å². The molecule has 0 unspecified atom stereocenters. The van der Waals surface area contributed by atoms with E-state index in [4.69, 9.17) is 16.3 Å². The van der Waals surface area contributed by atoms with Gasteiger partial charge in [-0.1, -0.05) is 17.7 Å². The smallest absolute Gasteiger partial charge is 0.416 e. The van der Waals surface area contributed by atoms with Crippen LogP contribution in [0.3, 0.4) is 0 Å². The van der Waals surface area contributed by atoms with E-state index >= 15 is 0 Å². The summed E-state index contributed by atoms with van der Waals surface area (Å²) in [5, 5.41) is 4.80. The molecule has 25 heavy (non-hydrogen) atoms. The maximum atomic E-state index is 12.9. The molecule has 0 saturated carbocycles. The van der Waals surface area contributed by atoms with Crippen LogP contribution in [0.2, 0.25) is 5.02 Å². The van der Waals surface area contributed by atoms with Crippen molar-refractivity contribution in [3.05, 3.63) is 58.9 Å². The van der Waals surface area contributed by atoms with Crippen molar-refractivity contribution in [3.8, 4) is 5.75 Å². The highest BCUT2D eigenvalue weighted by Crippen LogP contribution is 2.30. The molecule has 0 aromatic heterocycles. The molecule has 0 atom stereocenters. The van der Waals surface area contributed by atoms with Gasteiger partial charge in [-0.2, -0.15) is 13.2 Å². The number of urea groups is 1. The van der Waals surface area contributed by atoms with Gasteiger partial charge < -0.3 is 15.4 Å². The van der Waals surface area contributed by atoms with Gasteiger partial charge in [0.15, 0.2) is 0 Å². The van der Waals surface area contributed by atoms with Gasteiger partial charge in [0.2, 0.25) is 0 Å². The van der Waals surface area contributed by atoms with E-state index in [2.05, 4.69) is 10.6 Å². The van der Waals surface area contributed by atoms with Crippen LogP contribution in [0.15, 0.2) is 42.5 Å². The molecule has 0 aliphatic rings. The number of hydrogen-bond donors (Lipinski definition) is 2. The molecule has 134 valence electrons. The first-order valence-electron chi connectivity index (χ1n) is 7.05. The van der Waals surface area contributed by atoms with Gasteiger partial charge in [-0.05, 0) is 36.4 Å². The van der Waals surface area contributed by atoms with Crippen LogP contribution in [-0.4, -0.2) is 19.2 Å². The molecule has 0 fully saturated rings. The second-order valence-electron chi connectivity index (χ2n) is 4.88. The number of alkyl halides is 3. The van der Waals surface area contributed by atoms with Crippen molar-refractivity contribution in [1.82, 2.24) is 5.32 Å². The Hall–Kier alpha value is -2.48. The summed E-state index contributed by atoms with van der Waals surface area (Å²) in [6, 6.07) is 7.19. The molecular weight excluding hydrogens is 364 g/mol. The van der Waals surface area contributed by atoms with Crippen LogP contribution in [0, 0.1) is 5.82 Å². The lowest BCUT2D eigenvalue weighted by molar-refractivity contribution is -0.137. The van der Waals surface area contributed by atoms with Crippen LogP contribution < -0.4 is 15.4 Å². The van der Waals surface area contributed by atoms with Crippen molar-refractivity contribution in [2.45, 2.75) is 6.18 Å². The van der Waals surface area contributed by atoms with Crippen molar-refractivity contribution in [2.75, 3.05) is 18.5 Å². The van der Waals surface area contributed by atoms with Crippen molar-refractivity contribution in [2.24, 2.45) is 0 Å². The van der Waals surface area contributed by atoms with Crippen LogP contribution in [0.5, 0.6) is 5.75 Å². The molecule has 2 N–H and O–H groups in total. The Morgan fingerprint density at radius 3 is 2.60 bits per heavy atom. The molecule has 2 rings (SSSR count). The average molecular weight is 377 g/mol. The van der Waals surface area contributed by atoms with E-state index in [0.29, 0.717) is 0 Å². The predicted octanol–water partition coefficient (Wildman–Crippen LogP) is 4.70. The minimum Gasteiger partial charge on any atom is -0.490 e. The molecule has 0 spiro atoms. The Labute approximate surface area is 145 Å².